The smallest absolute Gasteiger partial charge is 0.198 e. The van der Waals surface area contributed by atoms with Crippen LogP contribution in [0.15, 0.2) is 91.0 Å². The van der Waals surface area contributed by atoms with Crippen LogP contribution in [0.3, 0.4) is 0 Å². The number of carbonyl (C=O) groups is 1. The summed E-state index contributed by atoms with van der Waals surface area (Å²) in [6.45, 7) is 6.79. The van der Waals surface area contributed by atoms with Gasteiger partial charge in [-0.05, 0) is 26.3 Å². The van der Waals surface area contributed by atoms with Gasteiger partial charge < -0.3 is 9.47 Å². The van der Waals surface area contributed by atoms with Crippen LogP contribution in [-0.2, 0) is 21.7 Å². The first kappa shape index (κ1) is 22.5. The third-order valence-electron chi connectivity index (χ3n) is 4.43. The Balaban J connectivity index is 0.000000278. The molecule has 0 spiro atoms. The van der Waals surface area contributed by atoms with Gasteiger partial charge in [0.15, 0.2) is 11.6 Å². The number of ether oxygens (including phenoxy) is 2. The Labute approximate surface area is 174 Å². The monoisotopic (exact) mass is 390 g/mol. The fourth-order valence-electron chi connectivity index (χ4n) is 3.11. The second-order valence-electron chi connectivity index (χ2n) is 6.57. The molecule has 3 heteroatoms. The summed E-state index contributed by atoms with van der Waals surface area (Å²) < 4.78 is 12.1. The second kappa shape index (κ2) is 11.9. The Morgan fingerprint density at radius 3 is 1.59 bits per heavy atom. The molecule has 0 aliphatic carbocycles. The molecule has 0 amide bonds. The highest BCUT2D eigenvalue weighted by atomic mass is 16.7. The van der Waals surface area contributed by atoms with Crippen LogP contribution in [0.5, 0.6) is 0 Å². The van der Waals surface area contributed by atoms with Crippen LogP contribution in [0.25, 0.3) is 0 Å². The largest absolute Gasteiger partial charge is 0.346 e. The van der Waals surface area contributed by atoms with Crippen LogP contribution >= 0.6 is 0 Å². The molecule has 0 aliphatic heterocycles. The Bertz CT molecular complexity index is 824. The number of carbonyl (C=O) groups excluding carboxylic acids is 1. The molecule has 3 aromatic carbocycles. The Hall–Kier alpha value is -2.75. The molecule has 29 heavy (non-hydrogen) atoms. The van der Waals surface area contributed by atoms with Crippen molar-refractivity contribution in [3.05, 3.63) is 108 Å². The highest BCUT2D eigenvalue weighted by molar-refractivity contribution is 5.93. The summed E-state index contributed by atoms with van der Waals surface area (Å²) >= 11 is 0. The molecule has 0 fully saturated rings. The third kappa shape index (κ3) is 6.97. The maximum absolute atomic E-state index is 10.6. The van der Waals surface area contributed by atoms with E-state index in [2.05, 4.69) is 24.3 Å². The number of hydrogen-bond acceptors (Lipinski definition) is 3. The van der Waals surface area contributed by atoms with Gasteiger partial charge in [0.2, 0.25) is 0 Å². The summed E-state index contributed by atoms with van der Waals surface area (Å²) in [6, 6.07) is 29.7. The Morgan fingerprint density at radius 2 is 1.17 bits per heavy atom. The number of benzene rings is 3. The Morgan fingerprint density at radius 1 is 0.724 bits per heavy atom. The fourth-order valence-corrected chi connectivity index (χ4v) is 3.11. The molecule has 152 valence electrons. The van der Waals surface area contributed by atoms with Crippen molar-refractivity contribution >= 4 is 5.78 Å². The quantitative estimate of drug-likeness (QED) is 0.347. The maximum Gasteiger partial charge on any atom is 0.198 e. The van der Waals surface area contributed by atoms with E-state index in [1.807, 2.05) is 80.6 Å². The number of ketones is 1. The van der Waals surface area contributed by atoms with Crippen molar-refractivity contribution in [1.29, 1.82) is 0 Å². The van der Waals surface area contributed by atoms with Crippen molar-refractivity contribution in [1.82, 2.24) is 0 Å². The molecule has 0 unspecified atom stereocenters. The van der Waals surface area contributed by atoms with Crippen molar-refractivity contribution in [2.24, 2.45) is 0 Å². The minimum absolute atomic E-state index is 0.121. The van der Waals surface area contributed by atoms with E-state index in [0.29, 0.717) is 19.6 Å². The van der Waals surface area contributed by atoms with Gasteiger partial charge in [-0.25, -0.2) is 0 Å². The highest BCUT2D eigenvalue weighted by Gasteiger charge is 2.33. The molecule has 3 rings (SSSR count). The van der Waals surface area contributed by atoms with E-state index in [0.717, 1.165) is 11.1 Å². The number of Topliss-reactive ketones (excluding diaryl/α,β-unsaturated/α-hetero) is 1. The summed E-state index contributed by atoms with van der Waals surface area (Å²) in [6.07, 6.45) is 0.708. The molecule has 3 aromatic rings. The molecule has 0 saturated heterocycles. The van der Waals surface area contributed by atoms with Gasteiger partial charge in [0.1, 0.15) is 0 Å². The molecule has 3 nitrogen and oxygen atoms in total. The van der Waals surface area contributed by atoms with Gasteiger partial charge >= 0.3 is 0 Å². The SMILES string of the molecule is CC(=O)c1ccccc1.CCOC(Cc1ccccc1)(OCC)c1ccccc1. The van der Waals surface area contributed by atoms with E-state index in [9.17, 15) is 4.79 Å². The molecule has 0 atom stereocenters. The molecular formula is C26H30O3. The average Bonchev–Trinajstić information content (AvgIpc) is 2.76. The lowest BCUT2D eigenvalue weighted by Gasteiger charge is -2.34. The average molecular weight is 391 g/mol. The van der Waals surface area contributed by atoms with Crippen LogP contribution in [0.1, 0.15) is 42.3 Å². The summed E-state index contributed by atoms with van der Waals surface area (Å²) in [7, 11) is 0. The first-order valence-corrected chi connectivity index (χ1v) is 10.0. The first-order valence-electron chi connectivity index (χ1n) is 10.0. The zero-order valence-electron chi connectivity index (χ0n) is 17.5. The fraction of sp³-hybridized carbons (Fsp3) is 0.269. The zero-order chi connectivity index (χ0) is 21.0. The van der Waals surface area contributed by atoms with Crippen molar-refractivity contribution in [3.8, 4) is 0 Å². The Kier molecular flexibility index (Phi) is 9.29. The van der Waals surface area contributed by atoms with Gasteiger partial charge in [0.05, 0.1) is 0 Å². The summed E-state index contributed by atoms with van der Waals surface area (Å²) in [5.74, 6) is -0.581. The molecule has 0 bridgehead atoms. The topological polar surface area (TPSA) is 35.5 Å². The van der Waals surface area contributed by atoms with Crippen LogP contribution < -0.4 is 0 Å². The van der Waals surface area contributed by atoms with Crippen molar-refractivity contribution in [2.45, 2.75) is 33.0 Å². The predicted molar refractivity (Wildman–Crippen MR) is 118 cm³/mol. The normalized spacial score (nSPS) is 10.7. The van der Waals surface area contributed by atoms with Gasteiger partial charge in [0.25, 0.3) is 0 Å². The van der Waals surface area contributed by atoms with Crippen LogP contribution in [0.2, 0.25) is 0 Å². The van der Waals surface area contributed by atoms with Gasteiger partial charge in [-0.3, -0.25) is 4.79 Å². The molecule has 0 aromatic heterocycles. The number of hydrogen-bond donors (Lipinski definition) is 0. The summed E-state index contributed by atoms with van der Waals surface area (Å²) in [5, 5.41) is 0. The summed E-state index contributed by atoms with van der Waals surface area (Å²) in [5.41, 5.74) is 3.04. The van der Waals surface area contributed by atoms with E-state index < -0.39 is 5.79 Å². The minimum atomic E-state index is -0.702. The van der Waals surface area contributed by atoms with Crippen molar-refractivity contribution in [2.75, 3.05) is 13.2 Å². The van der Waals surface area contributed by atoms with E-state index in [-0.39, 0.29) is 5.78 Å². The van der Waals surface area contributed by atoms with Crippen LogP contribution in [0, 0.1) is 0 Å². The van der Waals surface area contributed by atoms with E-state index >= 15 is 0 Å². The standard InChI is InChI=1S/C18H22O2.C8H8O/c1-3-19-18(20-4-2,17-13-9-6-10-14-17)15-16-11-7-5-8-12-16;1-7(9)8-5-3-2-4-6-8/h5-14H,3-4,15H2,1-2H3;2-6H,1H3. The van der Waals surface area contributed by atoms with Gasteiger partial charge in [-0.2, -0.15) is 0 Å². The number of rotatable bonds is 8. The molecular weight excluding hydrogens is 360 g/mol. The minimum Gasteiger partial charge on any atom is -0.346 e. The molecule has 0 saturated carbocycles. The van der Waals surface area contributed by atoms with E-state index in [4.69, 9.17) is 9.47 Å². The van der Waals surface area contributed by atoms with E-state index in [1.165, 1.54) is 5.56 Å². The highest BCUT2D eigenvalue weighted by Crippen LogP contribution is 2.31. The molecule has 0 aliphatic rings. The van der Waals surface area contributed by atoms with E-state index in [1.54, 1.807) is 6.92 Å². The first-order chi connectivity index (χ1) is 14.1. The lowest BCUT2D eigenvalue weighted by molar-refractivity contribution is -0.242. The van der Waals surface area contributed by atoms with Gasteiger partial charge in [-0.1, -0.05) is 91.0 Å². The molecule has 0 heterocycles. The zero-order valence-corrected chi connectivity index (χ0v) is 17.5. The van der Waals surface area contributed by atoms with Crippen LogP contribution in [-0.4, -0.2) is 19.0 Å². The maximum atomic E-state index is 10.6. The predicted octanol–water partition coefficient (Wildman–Crippen LogP) is 6.04. The van der Waals surface area contributed by atoms with Gasteiger partial charge in [0, 0.05) is 30.8 Å². The molecule has 0 N–H and O–H groups in total. The lowest BCUT2D eigenvalue weighted by Crippen LogP contribution is -2.36. The lowest BCUT2D eigenvalue weighted by atomic mass is 9.97. The molecule has 0 radical (unpaired) electrons. The van der Waals surface area contributed by atoms with Gasteiger partial charge in [-0.15, -0.1) is 0 Å². The van der Waals surface area contributed by atoms with Crippen molar-refractivity contribution in [3.63, 3.8) is 0 Å². The third-order valence-corrected chi connectivity index (χ3v) is 4.43. The van der Waals surface area contributed by atoms with Crippen LogP contribution in [0.4, 0.5) is 0 Å². The van der Waals surface area contributed by atoms with Crippen molar-refractivity contribution < 1.29 is 14.3 Å². The summed E-state index contributed by atoms with van der Waals surface area (Å²) in [4.78, 5) is 10.6. The second-order valence-corrected chi connectivity index (χ2v) is 6.57.